The van der Waals surface area contributed by atoms with Crippen LogP contribution in [0.5, 0.6) is 0 Å². The van der Waals surface area contributed by atoms with Crippen LogP contribution in [0.2, 0.25) is 0 Å². The first-order valence-corrected chi connectivity index (χ1v) is 11.4. The van der Waals surface area contributed by atoms with Crippen LogP contribution in [-0.2, 0) is 11.0 Å². The summed E-state index contributed by atoms with van der Waals surface area (Å²) in [5.41, 5.74) is 3.31. The van der Waals surface area contributed by atoms with Crippen molar-refractivity contribution in [3.8, 4) is 0 Å². The van der Waals surface area contributed by atoms with Gasteiger partial charge in [-0.3, -0.25) is 9.59 Å². The molecule has 0 atom stereocenters. The van der Waals surface area contributed by atoms with E-state index in [9.17, 15) is 22.8 Å². The minimum Gasteiger partial charge on any atom is -0.369 e. The zero-order chi connectivity index (χ0) is 22.7. The number of alkyl halides is 3. The standard InChI is InChI=1S/C22H28F3N5O2/c23-22(24,25)17-16(19(32)30-3-1-15(2-4-30)18(26)31)11-27-20(28-17)29-21-8-12-5-13(9-21)7-14(6-12)10-21/h11-15H,1-10H2,(H2,26,31)(H,27,28,29). The summed E-state index contributed by atoms with van der Waals surface area (Å²) in [4.78, 5) is 33.5. The number of primary amides is 1. The number of hydrogen-bond donors (Lipinski definition) is 2. The molecule has 5 aliphatic rings. The first-order chi connectivity index (χ1) is 15.1. The predicted octanol–water partition coefficient (Wildman–Crippen LogP) is 3.21. The quantitative estimate of drug-likeness (QED) is 0.732. The summed E-state index contributed by atoms with van der Waals surface area (Å²) in [6.45, 7) is 0.355. The van der Waals surface area contributed by atoms with E-state index in [0.29, 0.717) is 30.6 Å². The summed E-state index contributed by atoms with van der Waals surface area (Å²) in [6, 6.07) is 0. The molecule has 10 heteroatoms. The molecule has 4 bridgehead atoms. The molecule has 4 aliphatic carbocycles. The number of carbonyl (C=O) groups excluding carboxylic acids is 2. The van der Waals surface area contributed by atoms with Crippen LogP contribution in [0, 0.1) is 23.7 Å². The van der Waals surface area contributed by atoms with Crippen LogP contribution in [0.25, 0.3) is 0 Å². The van der Waals surface area contributed by atoms with Gasteiger partial charge in [-0.2, -0.15) is 13.2 Å². The summed E-state index contributed by atoms with van der Waals surface area (Å²) in [5, 5.41) is 3.26. The third kappa shape index (κ3) is 3.92. The zero-order valence-corrected chi connectivity index (χ0v) is 17.8. The number of carbonyl (C=O) groups is 2. The minimum absolute atomic E-state index is 0.0525. The first-order valence-electron chi connectivity index (χ1n) is 11.4. The van der Waals surface area contributed by atoms with Gasteiger partial charge in [0.05, 0.1) is 5.56 Å². The highest BCUT2D eigenvalue weighted by atomic mass is 19.4. The van der Waals surface area contributed by atoms with Gasteiger partial charge in [-0.15, -0.1) is 0 Å². The van der Waals surface area contributed by atoms with Crippen molar-refractivity contribution in [1.82, 2.24) is 14.9 Å². The lowest BCUT2D eigenvalue weighted by atomic mass is 9.53. The smallest absolute Gasteiger partial charge is 0.369 e. The second kappa shape index (κ2) is 7.59. The molecular weight excluding hydrogens is 423 g/mol. The monoisotopic (exact) mass is 451 g/mol. The molecule has 7 nitrogen and oxygen atoms in total. The normalized spacial score (nSPS) is 32.2. The van der Waals surface area contributed by atoms with Crippen molar-refractivity contribution in [2.24, 2.45) is 29.4 Å². The van der Waals surface area contributed by atoms with Crippen molar-refractivity contribution in [2.75, 3.05) is 18.4 Å². The van der Waals surface area contributed by atoms with Crippen molar-refractivity contribution in [3.05, 3.63) is 17.5 Å². The number of anilines is 1. The highest BCUT2D eigenvalue weighted by molar-refractivity contribution is 5.95. The number of rotatable bonds is 4. The zero-order valence-electron chi connectivity index (χ0n) is 17.8. The molecule has 0 spiro atoms. The summed E-state index contributed by atoms with van der Waals surface area (Å²) in [6.07, 6.45) is 3.39. The van der Waals surface area contributed by atoms with E-state index >= 15 is 0 Å². The molecule has 3 N–H and O–H groups in total. The molecule has 174 valence electrons. The van der Waals surface area contributed by atoms with Crippen LogP contribution in [0.15, 0.2) is 6.20 Å². The number of nitrogens with two attached hydrogens (primary N) is 1. The van der Waals surface area contributed by atoms with E-state index in [1.165, 1.54) is 24.2 Å². The van der Waals surface area contributed by atoms with Crippen molar-refractivity contribution < 1.29 is 22.8 Å². The number of likely N-dealkylation sites (tertiary alicyclic amines) is 1. The maximum atomic E-state index is 13.9. The highest BCUT2D eigenvalue weighted by Crippen LogP contribution is 2.56. The Morgan fingerprint density at radius 2 is 1.62 bits per heavy atom. The topological polar surface area (TPSA) is 101 Å². The van der Waals surface area contributed by atoms with Gasteiger partial charge in [0.15, 0.2) is 5.69 Å². The average molecular weight is 451 g/mol. The molecule has 4 saturated carbocycles. The van der Waals surface area contributed by atoms with Gasteiger partial charge in [-0.25, -0.2) is 9.97 Å². The highest BCUT2D eigenvalue weighted by Gasteiger charge is 2.51. The first kappa shape index (κ1) is 21.5. The Labute approximate surface area is 184 Å². The SMILES string of the molecule is NC(=O)C1CCN(C(=O)c2cnc(NC34CC5CC(CC(C5)C3)C4)nc2C(F)(F)F)CC1. The molecule has 2 heterocycles. The molecule has 1 saturated heterocycles. The molecule has 1 aliphatic heterocycles. The fourth-order valence-electron chi connectivity index (χ4n) is 6.85. The van der Waals surface area contributed by atoms with Gasteiger partial charge in [-0.05, 0) is 69.1 Å². The van der Waals surface area contributed by atoms with Crippen LogP contribution in [0.3, 0.4) is 0 Å². The van der Waals surface area contributed by atoms with Gasteiger partial charge in [0.25, 0.3) is 5.91 Å². The lowest BCUT2D eigenvalue weighted by Gasteiger charge is -2.56. The minimum atomic E-state index is -4.78. The molecule has 1 aromatic rings. The second-order valence-corrected chi connectivity index (χ2v) is 10.2. The number of piperidine rings is 1. The molecule has 0 unspecified atom stereocenters. The van der Waals surface area contributed by atoms with Gasteiger partial charge in [0, 0.05) is 30.7 Å². The third-order valence-electron chi connectivity index (χ3n) is 7.89. The molecule has 2 amide bonds. The second-order valence-electron chi connectivity index (χ2n) is 10.2. The van der Waals surface area contributed by atoms with E-state index in [1.807, 2.05) is 0 Å². The van der Waals surface area contributed by atoms with Crippen molar-refractivity contribution in [3.63, 3.8) is 0 Å². The van der Waals surface area contributed by atoms with Crippen LogP contribution in [0.1, 0.15) is 67.4 Å². The maximum Gasteiger partial charge on any atom is 0.434 e. The summed E-state index contributed by atoms with van der Waals surface area (Å²) in [7, 11) is 0. The van der Waals surface area contributed by atoms with Gasteiger partial charge in [0.1, 0.15) is 0 Å². The van der Waals surface area contributed by atoms with Crippen LogP contribution in [0.4, 0.5) is 19.1 Å². The number of halogens is 3. The summed E-state index contributed by atoms with van der Waals surface area (Å²) < 4.78 is 41.6. The van der Waals surface area contributed by atoms with Crippen LogP contribution < -0.4 is 11.1 Å². The number of hydrogen-bond acceptors (Lipinski definition) is 5. The van der Waals surface area contributed by atoms with Crippen molar-refractivity contribution in [1.29, 1.82) is 0 Å². The average Bonchev–Trinajstić information content (AvgIpc) is 2.71. The van der Waals surface area contributed by atoms with E-state index in [1.54, 1.807) is 0 Å². The Morgan fingerprint density at radius 3 is 2.12 bits per heavy atom. The molecule has 5 fully saturated rings. The lowest BCUT2D eigenvalue weighted by molar-refractivity contribution is -0.141. The molecule has 6 rings (SSSR count). The van der Waals surface area contributed by atoms with Crippen molar-refractivity contribution >= 4 is 17.8 Å². The Kier molecular flexibility index (Phi) is 5.09. The fourth-order valence-corrected chi connectivity index (χ4v) is 6.85. The van der Waals surface area contributed by atoms with Gasteiger partial charge in [-0.1, -0.05) is 0 Å². The fraction of sp³-hybridized carbons (Fsp3) is 0.727. The number of nitrogens with one attached hydrogen (secondary N) is 1. The maximum absolute atomic E-state index is 13.9. The summed E-state index contributed by atoms with van der Waals surface area (Å²) >= 11 is 0. The Balaban J connectivity index is 1.37. The van der Waals surface area contributed by atoms with E-state index in [2.05, 4.69) is 15.3 Å². The molecule has 0 radical (unpaired) electrons. The molecular formula is C22H28F3N5O2. The lowest BCUT2D eigenvalue weighted by Crippen LogP contribution is -2.55. The van der Waals surface area contributed by atoms with Crippen molar-refractivity contribution in [2.45, 2.75) is 63.1 Å². The number of aromatic nitrogens is 2. The number of amides is 2. The van der Waals surface area contributed by atoms with Gasteiger partial charge >= 0.3 is 6.18 Å². The van der Waals surface area contributed by atoms with Crippen LogP contribution >= 0.6 is 0 Å². The van der Waals surface area contributed by atoms with Gasteiger partial charge in [0.2, 0.25) is 11.9 Å². The Hall–Kier alpha value is -2.39. The number of nitrogens with zero attached hydrogens (tertiary/aromatic N) is 3. The van der Waals surface area contributed by atoms with E-state index in [0.717, 1.165) is 25.5 Å². The third-order valence-corrected chi connectivity index (χ3v) is 7.89. The van der Waals surface area contributed by atoms with Crippen LogP contribution in [-0.4, -0.2) is 45.3 Å². The predicted molar refractivity (Wildman–Crippen MR) is 109 cm³/mol. The largest absolute Gasteiger partial charge is 0.434 e. The molecule has 0 aromatic carbocycles. The molecule has 32 heavy (non-hydrogen) atoms. The van der Waals surface area contributed by atoms with E-state index in [4.69, 9.17) is 5.73 Å². The molecule has 1 aromatic heterocycles. The Morgan fingerprint density at radius 1 is 1.06 bits per heavy atom. The van der Waals surface area contributed by atoms with Gasteiger partial charge < -0.3 is 16.0 Å². The van der Waals surface area contributed by atoms with E-state index < -0.39 is 29.2 Å². The Bertz CT molecular complexity index is 891. The van der Waals surface area contributed by atoms with E-state index in [-0.39, 0.29) is 30.5 Å². The summed E-state index contributed by atoms with van der Waals surface area (Å²) in [5.74, 6) is 0.255.